The van der Waals surface area contributed by atoms with Gasteiger partial charge in [-0.1, -0.05) is 302 Å². The fourth-order valence-electron chi connectivity index (χ4n) is 17.8. The van der Waals surface area contributed by atoms with Crippen LogP contribution in [0.2, 0.25) is 0 Å². The molecule has 0 spiro atoms. The topological polar surface area (TPSA) is 322 Å². The molecule has 0 aromatic rings. The van der Waals surface area contributed by atoms with Gasteiger partial charge in [0.1, 0.15) is 34.7 Å². The molecule has 0 saturated heterocycles. The third-order valence-electron chi connectivity index (χ3n) is 25.7. The maximum atomic E-state index is 13.8. The lowest BCUT2D eigenvalue weighted by Gasteiger charge is -2.22. The van der Waals surface area contributed by atoms with Gasteiger partial charge in [-0.25, -0.2) is 0 Å². The molecule has 0 aromatic heterocycles. The number of rotatable bonds is 61. The summed E-state index contributed by atoms with van der Waals surface area (Å²) >= 11 is 0. The van der Waals surface area contributed by atoms with Crippen molar-refractivity contribution in [2.45, 2.75) is 477 Å². The van der Waals surface area contributed by atoms with Crippen LogP contribution < -0.4 is 0 Å². The average Bonchev–Trinajstić information content (AvgIpc) is 2.07. The van der Waals surface area contributed by atoms with Crippen molar-refractivity contribution in [3.63, 3.8) is 0 Å². The number of allylic oxidation sites excluding steroid dienone is 4. The highest BCUT2D eigenvalue weighted by Crippen LogP contribution is 2.41. The number of aliphatic hydroxyl groups excluding tert-OH is 9. The number of alkyl halides is 2. The van der Waals surface area contributed by atoms with Crippen LogP contribution in [-0.4, -0.2) is 158 Å². The van der Waals surface area contributed by atoms with Gasteiger partial charge >= 0.3 is 5.92 Å². The van der Waals surface area contributed by atoms with Crippen molar-refractivity contribution in [3.8, 4) is 0 Å². The number of halogens is 2. The Labute approximate surface area is 738 Å². The zero-order valence-corrected chi connectivity index (χ0v) is 78.3. The minimum absolute atomic E-state index is 0.0156. The number of carbonyl (C=O) groups is 7. The first-order valence-corrected chi connectivity index (χ1v) is 49.1. The van der Waals surface area contributed by atoms with Crippen molar-refractivity contribution in [2.24, 2.45) is 59.2 Å². The van der Waals surface area contributed by atoms with Crippen LogP contribution in [0.25, 0.3) is 0 Å². The lowest BCUT2D eigenvalue weighted by Crippen LogP contribution is -2.30. The van der Waals surface area contributed by atoms with Gasteiger partial charge in [0.05, 0.1) is 60.5 Å². The van der Waals surface area contributed by atoms with Gasteiger partial charge in [-0.15, -0.1) is 0 Å². The maximum Gasteiger partial charge on any atom is 0.305 e. The van der Waals surface area contributed by atoms with Crippen molar-refractivity contribution in [1.82, 2.24) is 0 Å². The van der Waals surface area contributed by atoms with Gasteiger partial charge in [0.2, 0.25) is 5.78 Å². The molecule has 20 atom stereocenters. The minimum Gasteiger partial charge on any atom is -0.393 e. The van der Waals surface area contributed by atoms with Crippen LogP contribution in [-0.2, 0) is 33.6 Å². The van der Waals surface area contributed by atoms with Crippen molar-refractivity contribution < 1.29 is 93.4 Å². The summed E-state index contributed by atoms with van der Waals surface area (Å²) in [6.45, 7) is 21.9. The van der Waals surface area contributed by atoms with Crippen LogP contribution in [0.4, 0.5) is 8.78 Å². The van der Waals surface area contributed by atoms with E-state index in [4.69, 9.17) is 0 Å². The Hall–Kier alpha value is -4.41. The van der Waals surface area contributed by atoms with Crippen molar-refractivity contribution in [2.75, 3.05) is 0 Å². The Morgan fingerprint density at radius 1 is 0.369 bits per heavy atom. The predicted octanol–water partition coefficient (Wildman–Crippen LogP) is 21.6. The number of unbranched alkanes of at least 4 members (excludes halogenated alkanes) is 22. The van der Waals surface area contributed by atoms with Crippen molar-refractivity contribution in [3.05, 3.63) is 72.9 Å². The Kier molecular flexibility index (Phi) is 66.0. The Bertz CT molecular complexity index is 2960. The number of aliphatic hydroxyl groups is 10. The normalized spacial score (nSPS) is 26.2. The van der Waals surface area contributed by atoms with Crippen LogP contribution in [0.15, 0.2) is 72.9 Å². The zero-order chi connectivity index (χ0) is 91.3. The maximum absolute atomic E-state index is 13.8. The second-order valence-electron chi connectivity index (χ2n) is 36.9. The molecule has 0 aromatic carbocycles. The summed E-state index contributed by atoms with van der Waals surface area (Å²) in [5.41, 5.74) is -0.685. The molecule has 10 N–H and O–H groups in total. The van der Waals surface area contributed by atoms with Gasteiger partial charge in [-0.05, 0) is 135 Å². The van der Waals surface area contributed by atoms with Crippen LogP contribution in [0.5, 0.6) is 0 Å². The van der Waals surface area contributed by atoms with Gasteiger partial charge in [-0.3, -0.25) is 24.0 Å². The molecule has 1 unspecified atom stereocenters. The quantitative estimate of drug-likeness (QED) is 0.0200. The van der Waals surface area contributed by atoms with Crippen LogP contribution >= 0.6 is 0 Å². The molecule has 17 nitrogen and oxygen atoms in total. The standard InChI is InChI=1S/C21H36O4.C21H34O4.C21H38O3.C20H34F2O3.C20H36O3/c2*1-3-4-7-11-17(23)13-14-19-18(20(24)15-21(19)25)12-9-6-5-8-10-16(2)22;1-4-6-8-9-10-12-17-18(20(23)16-19(17)22)13-11-15-21(3,24)14-7-5-2;1-3-5-7-8-9-10-15-16(18(24)14-17(15)23)11-12-19(25)20(21,22)13-6-4-2;1-3-5-7-8-10-12-17-18(20(23)15-19(17)22)14-13-16(21)11-9-6-4-2/h6,9,13-14,17-21,23-25H,3-5,7-8,10-12,15H2,1-2H3;6,9,13-14,17-19,21,23,25H,3-5,7-8,10-12,15H2,1-2H3;11,13,17-18,20,23-24H,4-10,12,14-16H2,1-3H3;15-16,18,24H,3-14H2,1-2H3;13-14,16-18,20-21,23H,3-12,15H2,1-2H3/b2*9-6-,14-13+;13-11+;;14-13+/t17-,18+,19+,20-,21+;17-,18+,19+,21+;17-,18-,20-,21?;15-,16-,18-;16-,17+,18+,20+/m00110/s1. The van der Waals surface area contributed by atoms with E-state index >= 15 is 0 Å². The Balaban J connectivity index is 0.000000763. The first kappa shape index (κ1) is 116. The number of hydrogen-bond donors (Lipinski definition) is 10. The summed E-state index contributed by atoms with van der Waals surface area (Å²) in [6, 6.07) is 0. The molecule has 0 radical (unpaired) electrons. The summed E-state index contributed by atoms with van der Waals surface area (Å²) in [5, 5.41) is 101. The molecular weight excluding hydrogens is 1550 g/mol. The third kappa shape index (κ3) is 51.0. The molecule has 5 aliphatic rings. The highest BCUT2D eigenvalue weighted by Gasteiger charge is 2.45. The molecule has 5 rings (SSSR count). The molecular formula is C103H178F2O17. The summed E-state index contributed by atoms with van der Waals surface area (Å²) in [4.78, 5) is 82.2. The average molecular weight is 1730 g/mol. The van der Waals surface area contributed by atoms with E-state index in [1.807, 2.05) is 62.5 Å². The van der Waals surface area contributed by atoms with Crippen LogP contribution in [0.3, 0.4) is 0 Å². The van der Waals surface area contributed by atoms with E-state index in [0.29, 0.717) is 64.2 Å². The molecule has 0 heterocycles. The molecule has 706 valence electrons. The zero-order valence-electron chi connectivity index (χ0n) is 78.3. The monoisotopic (exact) mass is 1730 g/mol. The van der Waals surface area contributed by atoms with Crippen molar-refractivity contribution in [1.29, 1.82) is 0 Å². The molecule has 5 saturated carbocycles. The first-order chi connectivity index (χ1) is 58.2. The molecule has 5 aliphatic carbocycles. The Morgan fingerprint density at radius 3 is 1.15 bits per heavy atom. The van der Waals surface area contributed by atoms with Gasteiger partial charge in [0, 0.05) is 105 Å². The SMILES string of the molecule is CCCCCCC[C@H]1C(=O)C[C@@H](O)[C@@H]1/C=C/CC(C)(O)CCCC.CCCCCCC[C@H]1C(=O)C[C@@H](O)[C@@H]1/C=C/[C@@H](O)CCCCC.CCCCCCC[C@H]1C(=O)C[C@@H](O)[C@@H]1CCC(=O)C(F)(F)CCCC.CCCCC[C@H](O)/C=C/[C@@H]1[C@@H](C/C=C\CCCC(C)=O)[C@@H](O)C[C@H]1O.CCCCC[C@H](O)/C=C/[C@H]1[C@H](O)CC(=O)[C@@H]1C/C=C\CCCC(C)=O. The lowest BCUT2D eigenvalue weighted by molar-refractivity contribution is -0.144. The molecule has 19 heteroatoms. The van der Waals surface area contributed by atoms with E-state index < -0.39 is 78.7 Å². The second-order valence-corrected chi connectivity index (χ2v) is 36.9. The minimum atomic E-state index is -3.28. The van der Waals surface area contributed by atoms with Crippen LogP contribution in [0.1, 0.15) is 410 Å². The summed E-state index contributed by atoms with van der Waals surface area (Å²) < 4.78 is 27.6. The lowest BCUT2D eigenvalue weighted by atomic mass is 9.85. The van der Waals surface area contributed by atoms with Gasteiger partial charge in [0.15, 0.2) is 0 Å². The fraction of sp³-hybridized carbons (Fsp3) is 0.816. The summed E-state index contributed by atoms with van der Waals surface area (Å²) in [5.74, 6) is -4.79. The summed E-state index contributed by atoms with van der Waals surface area (Å²) in [7, 11) is 0. The van der Waals surface area contributed by atoms with E-state index in [0.717, 1.165) is 173 Å². The van der Waals surface area contributed by atoms with Gasteiger partial charge in [0.25, 0.3) is 0 Å². The molecule has 0 aliphatic heterocycles. The number of hydrogen-bond acceptors (Lipinski definition) is 17. The summed E-state index contributed by atoms with van der Waals surface area (Å²) in [6.07, 6.45) is 60.9. The second kappa shape index (κ2) is 69.6. The fourth-order valence-corrected chi connectivity index (χ4v) is 17.8. The van der Waals surface area contributed by atoms with E-state index in [-0.39, 0.29) is 126 Å². The largest absolute Gasteiger partial charge is 0.393 e. The molecule has 122 heavy (non-hydrogen) atoms. The van der Waals surface area contributed by atoms with E-state index in [1.54, 1.807) is 32.1 Å². The van der Waals surface area contributed by atoms with Gasteiger partial charge < -0.3 is 60.7 Å². The van der Waals surface area contributed by atoms with E-state index in [2.05, 4.69) is 54.5 Å². The van der Waals surface area contributed by atoms with E-state index in [9.17, 15) is 93.4 Å². The smallest absolute Gasteiger partial charge is 0.305 e. The number of carbonyl (C=O) groups excluding carboxylic acids is 7. The predicted molar refractivity (Wildman–Crippen MR) is 491 cm³/mol. The molecule has 0 bridgehead atoms. The molecule has 0 amide bonds. The first-order valence-electron chi connectivity index (χ1n) is 49.1. The van der Waals surface area contributed by atoms with Crippen molar-refractivity contribution >= 4 is 40.5 Å². The highest BCUT2D eigenvalue weighted by molar-refractivity contribution is 5.87. The molecule has 5 fully saturated rings. The van der Waals surface area contributed by atoms with Gasteiger partial charge in [-0.2, -0.15) is 8.78 Å². The number of ketones is 7. The van der Waals surface area contributed by atoms with Crippen LogP contribution in [0, 0.1) is 59.2 Å². The van der Waals surface area contributed by atoms with E-state index in [1.165, 1.54) is 57.8 Å². The third-order valence-corrected chi connectivity index (χ3v) is 25.7. The highest BCUT2D eigenvalue weighted by atomic mass is 19.3. The Morgan fingerprint density at radius 2 is 0.721 bits per heavy atom. The number of Topliss-reactive ketones (excluding diaryl/α,β-unsaturated/α-hetero) is 7.